The molecule has 15 heavy (non-hydrogen) atoms. The molecule has 1 rings (SSSR count). The van der Waals surface area contributed by atoms with Crippen LogP contribution in [0.15, 0.2) is 0 Å². The van der Waals surface area contributed by atoms with E-state index in [1.165, 1.54) is 44.2 Å². The van der Waals surface area contributed by atoms with Crippen LogP contribution in [-0.2, 0) is 0 Å². The van der Waals surface area contributed by atoms with Crippen LogP contribution in [0.2, 0.25) is 0 Å². The van der Waals surface area contributed by atoms with Crippen molar-refractivity contribution in [3.8, 4) is 0 Å². The summed E-state index contributed by atoms with van der Waals surface area (Å²) in [5.74, 6) is 1.01. The molecular weight excluding hydrogens is 201 g/mol. The van der Waals surface area contributed by atoms with E-state index in [1.54, 1.807) is 6.16 Å². The molecule has 1 saturated carbocycles. The second-order valence-electron chi connectivity index (χ2n) is 5.25. The van der Waals surface area contributed by atoms with Crippen LogP contribution < -0.4 is 5.73 Å². The first-order chi connectivity index (χ1) is 7.15. The molecule has 0 radical (unpaired) electrons. The van der Waals surface area contributed by atoms with E-state index in [4.69, 9.17) is 5.73 Å². The zero-order valence-corrected chi connectivity index (χ0v) is 11.7. The smallest absolute Gasteiger partial charge is 0.0622 e. The zero-order valence-electron chi connectivity index (χ0n) is 10.8. The average Bonchev–Trinajstić information content (AvgIpc) is 2.29. The van der Waals surface area contributed by atoms with Crippen molar-refractivity contribution >= 4 is 7.26 Å². The summed E-state index contributed by atoms with van der Waals surface area (Å²) in [5, 5.41) is 0. The maximum absolute atomic E-state index is 5.97. The third kappa shape index (κ3) is 3.71. The zero-order chi connectivity index (χ0) is 11.3. The van der Waals surface area contributed by atoms with Gasteiger partial charge in [-0.1, -0.05) is 0 Å². The number of hydrogen-bond acceptors (Lipinski definition) is 1. The molecule has 1 nitrogen and oxygen atoms in total. The lowest BCUT2D eigenvalue weighted by Gasteiger charge is -2.32. The molecular formula is C13H29NP+. The van der Waals surface area contributed by atoms with Gasteiger partial charge in [0, 0.05) is 13.3 Å². The van der Waals surface area contributed by atoms with Crippen LogP contribution >= 0.6 is 7.26 Å². The van der Waals surface area contributed by atoms with E-state index >= 15 is 0 Å². The fourth-order valence-corrected chi connectivity index (χ4v) is 6.55. The van der Waals surface area contributed by atoms with Crippen molar-refractivity contribution in [2.75, 3.05) is 24.6 Å². The van der Waals surface area contributed by atoms with Gasteiger partial charge in [0.25, 0.3) is 0 Å². The van der Waals surface area contributed by atoms with Gasteiger partial charge < -0.3 is 5.73 Å². The predicted molar refractivity (Wildman–Crippen MR) is 73.3 cm³/mol. The highest BCUT2D eigenvalue weighted by molar-refractivity contribution is 7.75. The topological polar surface area (TPSA) is 26.0 Å². The van der Waals surface area contributed by atoms with Gasteiger partial charge in [-0.05, 0) is 52.4 Å². The van der Waals surface area contributed by atoms with E-state index in [0.29, 0.717) is 6.04 Å². The van der Waals surface area contributed by atoms with Gasteiger partial charge in [-0.25, -0.2) is 0 Å². The Kier molecular flexibility index (Phi) is 5.57. The highest BCUT2D eigenvalue weighted by Crippen LogP contribution is 2.60. The lowest BCUT2D eigenvalue weighted by Crippen LogP contribution is -2.29. The monoisotopic (exact) mass is 230 g/mol. The SMILES string of the molecule is CC[P+](CC)(CC)CC1CCC(N)CC1. The van der Waals surface area contributed by atoms with Crippen LogP contribution in [0, 0.1) is 5.92 Å². The normalized spacial score (nSPS) is 28.0. The molecule has 2 heteroatoms. The van der Waals surface area contributed by atoms with E-state index in [9.17, 15) is 0 Å². The quantitative estimate of drug-likeness (QED) is 0.718. The van der Waals surface area contributed by atoms with Gasteiger partial charge in [0.1, 0.15) is 0 Å². The Hall–Kier alpha value is 0.390. The summed E-state index contributed by atoms with van der Waals surface area (Å²) in [6.45, 7) is 7.24. The molecule has 0 aromatic carbocycles. The van der Waals surface area contributed by atoms with Crippen molar-refractivity contribution in [1.82, 2.24) is 0 Å². The highest BCUT2D eigenvalue weighted by atomic mass is 31.2. The molecule has 1 aliphatic rings. The van der Waals surface area contributed by atoms with Crippen LogP contribution in [0.3, 0.4) is 0 Å². The van der Waals surface area contributed by atoms with Gasteiger partial charge >= 0.3 is 0 Å². The molecule has 0 saturated heterocycles. The van der Waals surface area contributed by atoms with Crippen LogP contribution in [0.5, 0.6) is 0 Å². The Labute approximate surface area is 96.5 Å². The van der Waals surface area contributed by atoms with Crippen LogP contribution in [0.25, 0.3) is 0 Å². The molecule has 0 spiro atoms. The van der Waals surface area contributed by atoms with Crippen LogP contribution in [-0.4, -0.2) is 30.7 Å². The molecule has 1 fully saturated rings. The molecule has 0 unspecified atom stereocenters. The summed E-state index contributed by atoms with van der Waals surface area (Å²) in [6.07, 6.45) is 11.3. The molecule has 0 heterocycles. The third-order valence-electron chi connectivity index (χ3n) is 4.55. The second kappa shape index (κ2) is 6.21. The largest absolute Gasteiger partial charge is 0.328 e. The van der Waals surface area contributed by atoms with Crippen LogP contribution in [0.4, 0.5) is 0 Å². The van der Waals surface area contributed by atoms with Crippen LogP contribution in [0.1, 0.15) is 46.5 Å². The fourth-order valence-electron chi connectivity index (χ4n) is 2.98. The molecule has 0 aromatic rings. The second-order valence-corrected chi connectivity index (χ2v) is 10.2. The van der Waals surface area contributed by atoms with Crippen molar-refractivity contribution in [3.63, 3.8) is 0 Å². The van der Waals surface area contributed by atoms with Gasteiger partial charge in [-0.15, -0.1) is 0 Å². The molecule has 0 bridgehead atoms. The summed E-state index contributed by atoms with van der Waals surface area (Å²) >= 11 is 0. The molecule has 0 atom stereocenters. The lowest BCUT2D eigenvalue weighted by molar-refractivity contribution is 0.350. The summed E-state index contributed by atoms with van der Waals surface area (Å²) < 4.78 is 0. The van der Waals surface area contributed by atoms with Gasteiger partial charge in [0.15, 0.2) is 0 Å². The van der Waals surface area contributed by atoms with Gasteiger partial charge in [-0.3, -0.25) is 0 Å². The maximum atomic E-state index is 5.97. The maximum Gasteiger partial charge on any atom is 0.0622 e. The Balaban J connectivity index is 2.44. The van der Waals surface area contributed by atoms with Crippen molar-refractivity contribution in [3.05, 3.63) is 0 Å². The summed E-state index contributed by atoms with van der Waals surface area (Å²) in [7, 11) is -0.568. The molecule has 1 aliphatic carbocycles. The number of rotatable bonds is 5. The Morgan fingerprint density at radius 3 is 1.80 bits per heavy atom. The summed E-state index contributed by atoms with van der Waals surface area (Å²) in [5.41, 5.74) is 5.97. The van der Waals surface area contributed by atoms with Crippen molar-refractivity contribution < 1.29 is 0 Å². The molecule has 0 aliphatic heterocycles. The molecule has 2 N–H and O–H groups in total. The van der Waals surface area contributed by atoms with Crippen molar-refractivity contribution in [2.24, 2.45) is 11.7 Å². The first kappa shape index (κ1) is 13.5. The van der Waals surface area contributed by atoms with E-state index in [0.717, 1.165) is 5.92 Å². The van der Waals surface area contributed by atoms with E-state index in [1.807, 2.05) is 0 Å². The van der Waals surface area contributed by atoms with Gasteiger partial charge in [0.2, 0.25) is 0 Å². The van der Waals surface area contributed by atoms with Gasteiger partial charge in [-0.2, -0.15) is 0 Å². The first-order valence-electron chi connectivity index (χ1n) is 6.76. The number of hydrogen-bond donors (Lipinski definition) is 1. The minimum Gasteiger partial charge on any atom is -0.328 e. The van der Waals surface area contributed by atoms with E-state index in [-0.39, 0.29) is 0 Å². The highest BCUT2D eigenvalue weighted by Gasteiger charge is 2.35. The lowest BCUT2D eigenvalue weighted by atomic mass is 9.88. The van der Waals surface area contributed by atoms with E-state index in [2.05, 4.69) is 20.8 Å². The standard InChI is InChI=1S/C13H29NP/c1-4-15(5-2,6-3)11-12-7-9-13(14)10-8-12/h12-13H,4-11,14H2,1-3H3/q+1. The third-order valence-corrected chi connectivity index (χ3v) is 9.87. The summed E-state index contributed by atoms with van der Waals surface area (Å²) in [6, 6.07) is 0.513. The fraction of sp³-hybridized carbons (Fsp3) is 1.00. The first-order valence-corrected chi connectivity index (χ1v) is 9.29. The Bertz CT molecular complexity index is 161. The van der Waals surface area contributed by atoms with Gasteiger partial charge in [0.05, 0.1) is 24.6 Å². The van der Waals surface area contributed by atoms with E-state index < -0.39 is 7.26 Å². The molecule has 90 valence electrons. The average molecular weight is 230 g/mol. The number of nitrogens with two attached hydrogens (primary N) is 1. The Morgan fingerprint density at radius 2 is 1.40 bits per heavy atom. The Morgan fingerprint density at radius 1 is 0.933 bits per heavy atom. The molecule has 0 aromatic heterocycles. The molecule has 0 amide bonds. The predicted octanol–water partition coefficient (Wildman–Crippen LogP) is 3.58. The minimum atomic E-state index is -0.568. The minimum absolute atomic E-state index is 0.513. The van der Waals surface area contributed by atoms with Crippen molar-refractivity contribution in [1.29, 1.82) is 0 Å². The van der Waals surface area contributed by atoms with Crippen molar-refractivity contribution in [2.45, 2.75) is 52.5 Å². The summed E-state index contributed by atoms with van der Waals surface area (Å²) in [4.78, 5) is 0.